The minimum absolute atomic E-state index is 0.0980. The van der Waals surface area contributed by atoms with Crippen molar-refractivity contribution < 1.29 is 32.3 Å². The fourth-order valence-corrected chi connectivity index (χ4v) is 3.54. The van der Waals surface area contributed by atoms with Crippen LogP contribution in [0.4, 0.5) is 18.9 Å². The highest BCUT2D eigenvalue weighted by Gasteiger charge is 2.45. The van der Waals surface area contributed by atoms with Crippen molar-refractivity contribution >= 4 is 17.4 Å². The van der Waals surface area contributed by atoms with Gasteiger partial charge in [0.05, 0.1) is 23.4 Å². The third-order valence-electron chi connectivity index (χ3n) is 5.04. The van der Waals surface area contributed by atoms with Gasteiger partial charge in [-0.3, -0.25) is 14.5 Å². The highest BCUT2D eigenvalue weighted by molar-refractivity contribution is 6.20. The third kappa shape index (κ3) is 3.61. The van der Waals surface area contributed by atoms with E-state index in [1.54, 1.807) is 24.3 Å². The van der Waals surface area contributed by atoms with Gasteiger partial charge in [-0.25, -0.2) is 0 Å². The Morgan fingerprint density at radius 2 is 1.77 bits per heavy atom. The molecular formula is C23H16F3NO4. The highest BCUT2D eigenvalue weighted by Crippen LogP contribution is 2.43. The van der Waals surface area contributed by atoms with Gasteiger partial charge >= 0.3 is 6.18 Å². The Morgan fingerprint density at radius 3 is 2.39 bits per heavy atom. The third-order valence-corrected chi connectivity index (χ3v) is 5.04. The Hall–Kier alpha value is -3.81. The molecule has 8 heteroatoms. The van der Waals surface area contributed by atoms with Crippen molar-refractivity contribution in [3.05, 3.63) is 101 Å². The molecule has 31 heavy (non-hydrogen) atoms. The van der Waals surface area contributed by atoms with Crippen molar-refractivity contribution in [2.75, 3.05) is 4.90 Å². The maximum atomic E-state index is 13.3. The van der Waals surface area contributed by atoms with Crippen molar-refractivity contribution in [2.24, 2.45) is 0 Å². The van der Waals surface area contributed by atoms with E-state index < -0.39 is 35.2 Å². The average molecular weight is 427 g/mol. The summed E-state index contributed by atoms with van der Waals surface area (Å²) in [5.41, 5.74) is 0.0484. The van der Waals surface area contributed by atoms with Crippen LogP contribution in [0, 0.1) is 6.92 Å². The van der Waals surface area contributed by atoms with E-state index in [0.29, 0.717) is 5.56 Å². The average Bonchev–Trinajstić information content (AvgIpc) is 3.35. The molecule has 1 atom stereocenters. The largest absolute Gasteiger partial charge is 0.503 e. The Kier molecular flexibility index (Phi) is 4.93. The van der Waals surface area contributed by atoms with Crippen molar-refractivity contribution in [1.82, 2.24) is 0 Å². The molecule has 1 amide bonds. The number of aliphatic hydroxyl groups excluding tert-OH is 1. The zero-order chi connectivity index (χ0) is 22.3. The first-order valence-electron chi connectivity index (χ1n) is 9.27. The molecule has 1 unspecified atom stereocenters. The molecule has 0 spiro atoms. The summed E-state index contributed by atoms with van der Waals surface area (Å²) in [5, 5.41) is 10.6. The van der Waals surface area contributed by atoms with Gasteiger partial charge in [0.2, 0.25) is 5.78 Å². The van der Waals surface area contributed by atoms with Crippen LogP contribution in [0.15, 0.2) is 82.7 Å². The van der Waals surface area contributed by atoms with Crippen LogP contribution < -0.4 is 4.90 Å². The van der Waals surface area contributed by atoms with Crippen molar-refractivity contribution in [3.8, 4) is 0 Å². The molecule has 1 aliphatic rings. The molecule has 158 valence electrons. The molecule has 5 nitrogen and oxygen atoms in total. The van der Waals surface area contributed by atoms with E-state index in [-0.39, 0.29) is 17.0 Å². The molecule has 0 fully saturated rings. The second-order valence-corrected chi connectivity index (χ2v) is 7.11. The van der Waals surface area contributed by atoms with Crippen molar-refractivity contribution in [1.29, 1.82) is 0 Å². The van der Waals surface area contributed by atoms with Crippen LogP contribution in [0.5, 0.6) is 0 Å². The summed E-state index contributed by atoms with van der Waals surface area (Å²) in [4.78, 5) is 27.0. The number of aryl methyl sites for hydroxylation is 1. The van der Waals surface area contributed by atoms with Crippen LogP contribution in [-0.4, -0.2) is 16.8 Å². The predicted molar refractivity (Wildman–Crippen MR) is 106 cm³/mol. The smallest absolute Gasteiger partial charge is 0.416 e. The summed E-state index contributed by atoms with van der Waals surface area (Å²) in [5.74, 6) is -2.63. The molecule has 0 saturated carbocycles. The Bertz CT molecular complexity index is 1180. The number of furan rings is 1. The van der Waals surface area contributed by atoms with E-state index in [1.165, 1.54) is 30.5 Å². The number of hydrogen-bond acceptors (Lipinski definition) is 4. The van der Waals surface area contributed by atoms with E-state index in [0.717, 1.165) is 22.6 Å². The molecule has 1 aliphatic heterocycles. The van der Waals surface area contributed by atoms with Gasteiger partial charge in [-0.1, -0.05) is 35.9 Å². The number of carbonyl (C=O) groups excluding carboxylic acids is 2. The lowest BCUT2D eigenvalue weighted by Gasteiger charge is -2.27. The Balaban J connectivity index is 1.88. The second kappa shape index (κ2) is 7.46. The van der Waals surface area contributed by atoms with Gasteiger partial charge in [-0.2, -0.15) is 13.2 Å². The van der Waals surface area contributed by atoms with Crippen molar-refractivity contribution in [3.63, 3.8) is 0 Å². The van der Waals surface area contributed by atoms with Crippen LogP contribution in [0.2, 0.25) is 0 Å². The molecule has 3 aromatic rings. The number of benzene rings is 2. The fraction of sp³-hybridized carbons (Fsp3) is 0.130. The molecule has 1 aromatic heterocycles. The van der Waals surface area contributed by atoms with Crippen LogP contribution in [0.3, 0.4) is 0 Å². The van der Waals surface area contributed by atoms with E-state index in [1.807, 2.05) is 6.92 Å². The molecule has 2 heterocycles. The first-order valence-corrected chi connectivity index (χ1v) is 9.27. The lowest BCUT2D eigenvalue weighted by molar-refractivity contribution is -0.137. The summed E-state index contributed by atoms with van der Waals surface area (Å²) in [6.07, 6.45) is -3.35. The monoisotopic (exact) mass is 427 g/mol. The minimum atomic E-state index is -4.62. The zero-order valence-corrected chi connectivity index (χ0v) is 16.2. The number of nitrogens with zero attached hydrogens (tertiary/aromatic N) is 1. The standard InChI is InChI=1S/C23H16F3NO4/c1-13-7-9-14(10-8-13)19-18(20(28)17-6-3-11-31-17)21(29)22(30)27(19)16-5-2-4-15(12-16)23(24,25)26/h2-12,19,29H,1H3. The molecule has 0 saturated heterocycles. The molecule has 2 aromatic carbocycles. The normalized spacial score (nSPS) is 16.8. The van der Waals surface area contributed by atoms with Crippen LogP contribution in [-0.2, 0) is 11.0 Å². The predicted octanol–water partition coefficient (Wildman–Crippen LogP) is 5.39. The van der Waals surface area contributed by atoms with E-state index in [4.69, 9.17) is 4.42 Å². The molecular weight excluding hydrogens is 411 g/mol. The van der Waals surface area contributed by atoms with E-state index >= 15 is 0 Å². The summed E-state index contributed by atoms with van der Waals surface area (Å²) in [6.45, 7) is 1.84. The topological polar surface area (TPSA) is 70.7 Å². The summed E-state index contributed by atoms with van der Waals surface area (Å²) < 4.78 is 44.9. The number of amides is 1. The van der Waals surface area contributed by atoms with Gasteiger partial charge in [0.1, 0.15) is 0 Å². The van der Waals surface area contributed by atoms with E-state index in [2.05, 4.69) is 0 Å². The van der Waals surface area contributed by atoms with Gasteiger partial charge in [-0.15, -0.1) is 0 Å². The first-order chi connectivity index (χ1) is 14.7. The maximum absolute atomic E-state index is 13.3. The maximum Gasteiger partial charge on any atom is 0.416 e. The SMILES string of the molecule is Cc1ccc(C2C(C(=O)c3ccco3)=C(O)C(=O)N2c2cccc(C(F)(F)F)c2)cc1. The molecule has 1 N–H and O–H groups in total. The zero-order valence-electron chi connectivity index (χ0n) is 16.2. The van der Waals surface area contributed by atoms with Crippen LogP contribution in [0.25, 0.3) is 0 Å². The summed E-state index contributed by atoms with van der Waals surface area (Å²) in [6, 6.07) is 12.7. The fourth-order valence-electron chi connectivity index (χ4n) is 3.54. The number of rotatable bonds is 4. The van der Waals surface area contributed by atoms with Crippen molar-refractivity contribution in [2.45, 2.75) is 19.1 Å². The number of carbonyl (C=O) groups is 2. The number of halogens is 3. The quantitative estimate of drug-likeness (QED) is 0.567. The van der Waals surface area contributed by atoms with E-state index in [9.17, 15) is 27.9 Å². The lowest BCUT2D eigenvalue weighted by Crippen LogP contribution is -2.31. The number of hydrogen-bond donors (Lipinski definition) is 1. The number of ketones is 1. The van der Waals surface area contributed by atoms with Gasteiger partial charge in [0.15, 0.2) is 11.5 Å². The Labute approximate surface area is 175 Å². The second-order valence-electron chi connectivity index (χ2n) is 7.11. The molecule has 4 rings (SSSR count). The molecule has 0 bridgehead atoms. The first kappa shape index (κ1) is 20.5. The van der Waals surface area contributed by atoms with Gasteiger partial charge in [0, 0.05) is 5.69 Å². The number of aliphatic hydroxyl groups is 1. The highest BCUT2D eigenvalue weighted by atomic mass is 19.4. The lowest BCUT2D eigenvalue weighted by atomic mass is 9.94. The molecule has 0 radical (unpaired) electrons. The number of Topliss-reactive ketones (excluding diaryl/α,β-unsaturated/α-hetero) is 1. The van der Waals surface area contributed by atoms with Gasteiger partial charge in [0.25, 0.3) is 5.91 Å². The number of anilines is 1. The summed E-state index contributed by atoms with van der Waals surface area (Å²) in [7, 11) is 0. The Morgan fingerprint density at radius 1 is 1.06 bits per heavy atom. The van der Waals surface area contributed by atoms with Gasteiger partial charge < -0.3 is 9.52 Å². The van der Waals surface area contributed by atoms with Crippen LogP contribution in [0.1, 0.15) is 33.3 Å². The number of alkyl halides is 3. The molecule has 0 aliphatic carbocycles. The van der Waals surface area contributed by atoms with Crippen LogP contribution >= 0.6 is 0 Å². The van der Waals surface area contributed by atoms with Gasteiger partial charge in [-0.05, 0) is 42.8 Å². The summed E-state index contributed by atoms with van der Waals surface area (Å²) >= 11 is 0. The minimum Gasteiger partial charge on any atom is -0.503 e.